The number of nitrogens with zero attached hydrogens (tertiary/aromatic N) is 1. The fraction of sp³-hybridized carbons (Fsp3) is 0.417. The number of aryl methyl sites for hydroxylation is 1. The highest BCUT2D eigenvalue weighted by atomic mass is 16.5. The number of amides is 2. The molecule has 0 spiro atoms. The Morgan fingerprint density at radius 3 is 2.52 bits per heavy atom. The minimum atomic E-state index is -1.16. The van der Waals surface area contributed by atoms with Crippen LogP contribution in [0.25, 0.3) is 11.1 Å². The van der Waals surface area contributed by atoms with E-state index < -0.39 is 11.5 Å². The molecule has 2 aliphatic rings. The fourth-order valence-electron chi connectivity index (χ4n) is 4.20. The molecule has 5 heteroatoms. The van der Waals surface area contributed by atoms with Crippen LogP contribution in [0, 0.1) is 12.8 Å². The topological polar surface area (TPSA) is 72.6 Å². The molecule has 1 aliphatic heterocycles. The van der Waals surface area contributed by atoms with Crippen molar-refractivity contribution in [3.63, 3.8) is 0 Å². The van der Waals surface area contributed by atoms with Gasteiger partial charge in [-0.2, -0.15) is 0 Å². The van der Waals surface area contributed by atoms with Crippen molar-refractivity contribution in [2.45, 2.75) is 38.2 Å². The van der Waals surface area contributed by atoms with E-state index in [9.17, 15) is 9.59 Å². The number of nitrogens with two attached hydrogens (primary N) is 1. The first-order valence-electron chi connectivity index (χ1n) is 10.4. The van der Waals surface area contributed by atoms with E-state index in [4.69, 9.17) is 10.5 Å². The van der Waals surface area contributed by atoms with Gasteiger partial charge in [0, 0.05) is 18.9 Å². The third-order valence-corrected chi connectivity index (χ3v) is 6.20. The number of primary amides is 1. The van der Waals surface area contributed by atoms with Crippen LogP contribution in [0.2, 0.25) is 0 Å². The molecule has 4 rings (SSSR count). The SMILES string of the molecule is Cc1cccc(-c2ccc(C[C@@]3(C(N)=O)CN(C(=O)C4CCC4)CCO3)cc2)c1. The molecule has 1 saturated carbocycles. The Morgan fingerprint density at radius 1 is 1.14 bits per heavy atom. The summed E-state index contributed by atoms with van der Waals surface area (Å²) in [6.45, 7) is 3.17. The standard InChI is InChI=1S/C24H28N2O3/c1-17-4-2-7-21(14-17)19-10-8-18(9-11-19)15-24(23(25)28)16-26(12-13-29-24)22(27)20-5-3-6-20/h2,4,7-11,14,20H,3,5-6,12-13,15-16H2,1H3,(H2,25,28)/t24-/m0/s1. The van der Waals surface area contributed by atoms with Crippen molar-refractivity contribution in [2.24, 2.45) is 11.7 Å². The van der Waals surface area contributed by atoms with Crippen LogP contribution in [0.1, 0.15) is 30.4 Å². The molecule has 0 aromatic heterocycles. The molecule has 29 heavy (non-hydrogen) atoms. The van der Waals surface area contributed by atoms with Gasteiger partial charge in [-0.25, -0.2) is 0 Å². The molecule has 1 heterocycles. The Kier molecular flexibility index (Phi) is 5.41. The van der Waals surface area contributed by atoms with Crippen molar-refractivity contribution in [3.05, 3.63) is 59.7 Å². The summed E-state index contributed by atoms with van der Waals surface area (Å²) in [4.78, 5) is 26.9. The molecule has 0 bridgehead atoms. The number of rotatable bonds is 5. The van der Waals surface area contributed by atoms with E-state index in [2.05, 4.69) is 37.3 Å². The monoisotopic (exact) mass is 392 g/mol. The van der Waals surface area contributed by atoms with Crippen molar-refractivity contribution >= 4 is 11.8 Å². The Bertz CT molecular complexity index is 905. The van der Waals surface area contributed by atoms with E-state index in [1.807, 2.05) is 18.2 Å². The normalized spacial score (nSPS) is 22.2. The molecule has 0 unspecified atom stereocenters. The zero-order chi connectivity index (χ0) is 20.4. The fourth-order valence-corrected chi connectivity index (χ4v) is 4.20. The smallest absolute Gasteiger partial charge is 0.251 e. The summed E-state index contributed by atoms with van der Waals surface area (Å²) in [5.74, 6) is -0.265. The highest BCUT2D eigenvalue weighted by Gasteiger charge is 2.45. The Hall–Kier alpha value is -2.66. The summed E-state index contributed by atoms with van der Waals surface area (Å²) < 4.78 is 5.90. The minimum absolute atomic E-state index is 0.104. The van der Waals surface area contributed by atoms with Gasteiger partial charge in [-0.1, -0.05) is 60.5 Å². The molecule has 2 aromatic rings. The van der Waals surface area contributed by atoms with Crippen molar-refractivity contribution in [2.75, 3.05) is 19.7 Å². The molecular formula is C24H28N2O3. The summed E-state index contributed by atoms with van der Waals surface area (Å²) in [7, 11) is 0. The average Bonchev–Trinajstić information content (AvgIpc) is 2.67. The number of morpholine rings is 1. The summed E-state index contributed by atoms with van der Waals surface area (Å²) >= 11 is 0. The lowest BCUT2D eigenvalue weighted by Crippen LogP contribution is -2.62. The lowest BCUT2D eigenvalue weighted by molar-refractivity contribution is -0.166. The third-order valence-electron chi connectivity index (χ3n) is 6.20. The summed E-state index contributed by atoms with van der Waals surface area (Å²) in [6.07, 6.45) is 3.36. The first-order chi connectivity index (χ1) is 14.0. The lowest BCUT2D eigenvalue weighted by Gasteiger charge is -2.42. The zero-order valence-electron chi connectivity index (χ0n) is 16.9. The number of carbonyl (C=O) groups excluding carboxylic acids is 2. The van der Waals surface area contributed by atoms with Crippen LogP contribution in [0.15, 0.2) is 48.5 Å². The quantitative estimate of drug-likeness (QED) is 0.850. The third kappa shape index (κ3) is 4.06. The average molecular weight is 392 g/mol. The highest BCUT2D eigenvalue weighted by Crippen LogP contribution is 2.31. The molecule has 1 atom stereocenters. The second-order valence-corrected chi connectivity index (χ2v) is 8.34. The molecule has 2 aromatic carbocycles. The Morgan fingerprint density at radius 2 is 1.90 bits per heavy atom. The van der Waals surface area contributed by atoms with E-state index in [1.54, 1.807) is 4.90 Å². The maximum Gasteiger partial charge on any atom is 0.251 e. The van der Waals surface area contributed by atoms with Gasteiger partial charge in [-0.3, -0.25) is 9.59 Å². The summed E-state index contributed by atoms with van der Waals surface area (Å²) in [5.41, 5.74) is 9.07. The predicted molar refractivity (Wildman–Crippen MR) is 112 cm³/mol. The van der Waals surface area contributed by atoms with E-state index in [1.165, 1.54) is 5.56 Å². The van der Waals surface area contributed by atoms with Crippen molar-refractivity contribution < 1.29 is 14.3 Å². The van der Waals surface area contributed by atoms with E-state index in [0.717, 1.165) is 36.0 Å². The second-order valence-electron chi connectivity index (χ2n) is 8.34. The second kappa shape index (κ2) is 7.99. The van der Waals surface area contributed by atoms with Gasteiger partial charge in [-0.15, -0.1) is 0 Å². The molecule has 1 saturated heterocycles. The first-order valence-corrected chi connectivity index (χ1v) is 10.4. The van der Waals surface area contributed by atoms with Gasteiger partial charge in [0.05, 0.1) is 13.2 Å². The molecule has 152 valence electrons. The van der Waals surface area contributed by atoms with Gasteiger partial charge in [-0.05, 0) is 36.5 Å². The number of carbonyl (C=O) groups is 2. The lowest BCUT2D eigenvalue weighted by atomic mass is 9.83. The van der Waals surface area contributed by atoms with Gasteiger partial charge in [0.1, 0.15) is 0 Å². The van der Waals surface area contributed by atoms with Gasteiger partial charge in [0.25, 0.3) is 5.91 Å². The van der Waals surface area contributed by atoms with Crippen molar-refractivity contribution in [1.29, 1.82) is 0 Å². The minimum Gasteiger partial charge on any atom is -0.367 e. The molecule has 1 aliphatic carbocycles. The van der Waals surface area contributed by atoms with Gasteiger partial charge in [0.15, 0.2) is 5.60 Å². The van der Waals surface area contributed by atoms with Crippen LogP contribution in [-0.4, -0.2) is 42.0 Å². The molecule has 2 fully saturated rings. The molecule has 0 radical (unpaired) electrons. The van der Waals surface area contributed by atoms with Gasteiger partial charge < -0.3 is 15.4 Å². The molecule has 2 amide bonds. The maximum atomic E-state index is 12.7. The molecule has 5 nitrogen and oxygen atoms in total. The number of hydrogen-bond donors (Lipinski definition) is 1. The number of ether oxygens (including phenoxy) is 1. The largest absolute Gasteiger partial charge is 0.367 e. The van der Waals surface area contributed by atoms with Crippen LogP contribution in [0.3, 0.4) is 0 Å². The van der Waals surface area contributed by atoms with Crippen LogP contribution in [0.4, 0.5) is 0 Å². The highest BCUT2D eigenvalue weighted by molar-refractivity contribution is 5.86. The first kappa shape index (κ1) is 19.6. The van der Waals surface area contributed by atoms with E-state index in [0.29, 0.717) is 19.6 Å². The van der Waals surface area contributed by atoms with E-state index in [-0.39, 0.29) is 18.4 Å². The Balaban J connectivity index is 1.52. The van der Waals surface area contributed by atoms with Gasteiger partial charge >= 0.3 is 0 Å². The van der Waals surface area contributed by atoms with Crippen LogP contribution >= 0.6 is 0 Å². The Labute approximate surface area is 171 Å². The zero-order valence-corrected chi connectivity index (χ0v) is 16.9. The van der Waals surface area contributed by atoms with Crippen molar-refractivity contribution in [3.8, 4) is 11.1 Å². The summed E-state index contributed by atoms with van der Waals surface area (Å²) in [5, 5.41) is 0. The van der Waals surface area contributed by atoms with Crippen LogP contribution < -0.4 is 5.73 Å². The number of hydrogen-bond acceptors (Lipinski definition) is 3. The number of benzene rings is 2. The predicted octanol–water partition coefficient (Wildman–Crippen LogP) is 3.09. The van der Waals surface area contributed by atoms with Gasteiger partial charge in [0.2, 0.25) is 5.91 Å². The molecule has 2 N–H and O–H groups in total. The van der Waals surface area contributed by atoms with Crippen molar-refractivity contribution in [1.82, 2.24) is 4.90 Å². The van der Waals surface area contributed by atoms with Crippen LogP contribution in [-0.2, 0) is 20.7 Å². The maximum absolute atomic E-state index is 12.7. The molecular weight excluding hydrogens is 364 g/mol. The van der Waals surface area contributed by atoms with Crippen LogP contribution in [0.5, 0.6) is 0 Å². The van der Waals surface area contributed by atoms with E-state index >= 15 is 0 Å². The summed E-state index contributed by atoms with van der Waals surface area (Å²) in [6, 6.07) is 16.5.